The van der Waals surface area contributed by atoms with Gasteiger partial charge in [0.05, 0.1) is 14.2 Å². The molecule has 8 heteroatoms. The zero-order valence-electron chi connectivity index (χ0n) is 16.8. The maximum Gasteiger partial charge on any atom is 0.326 e. The summed E-state index contributed by atoms with van der Waals surface area (Å²) in [6.07, 6.45) is 1.85. The van der Waals surface area contributed by atoms with E-state index in [0.29, 0.717) is 22.6 Å². The fourth-order valence-electron chi connectivity index (χ4n) is 3.60. The fraction of sp³-hybridized carbons (Fsp3) is 0.318. The van der Waals surface area contributed by atoms with Gasteiger partial charge in [0.25, 0.3) is 5.91 Å². The number of amides is 4. The minimum atomic E-state index is -1.45. The van der Waals surface area contributed by atoms with Crippen molar-refractivity contribution in [3.63, 3.8) is 0 Å². The molecule has 4 rings (SSSR count). The van der Waals surface area contributed by atoms with Gasteiger partial charge < -0.3 is 20.1 Å². The highest BCUT2D eigenvalue weighted by Gasteiger charge is 2.54. The van der Waals surface area contributed by atoms with Gasteiger partial charge >= 0.3 is 6.03 Å². The average molecular weight is 409 g/mol. The number of methoxy groups -OCH3 is 2. The standard InChI is InChI=1S/C22H23N3O5/c1-29-17-9-3-14(4-10-17)22(15-5-11-18(30-2)12-6-15)20(27)25(21(28)24-22)13-19(26)23-16-7-8-16/h3-6,9-12,16H,7-8,13H2,1-2H3,(H,23,26)(H,24,28). The number of imide groups is 1. The molecule has 1 saturated carbocycles. The average Bonchev–Trinajstić information content (AvgIpc) is 3.55. The molecule has 1 aliphatic carbocycles. The van der Waals surface area contributed by atoms with Gasteiger partial charge in [-0.15, -0.1) is 0 Å². The van der Waals surface area contributed by atoms with Crippen LogP contribution in [-0.4, -0.2) is 49.6 Å². The van der Waals surface area contributed by atoms with Gasteiger partial charge in [0.2, 0.25) is 5.91 Å². The number of nitrogens with one attached hydrogen (secondary N) is 2. The van der Waals surface area contributed by atoms with Crippen molar-refractivity contribution in [3.05, 3.63) is 59.7 Å². The molecular formula is C22H23N3O5. The molecule has 2 N–H and O–H groups in total. The number of carbonyl (C=O) groups is 3. The molecule has 0 spiro atoms. The Morgan fingerprint density at radius 1 is 1.00 bits per heavy atom. The summed E-state index contributed by atoms with van der Waals surface area (Å²) in [4.78, 5) is 39.6. The molecule has 2 fully saturated rings. The van der Waals surface area contributed by atoms with Crippen molar-refractivity contribution in [1.29, 1.82) is 0 Å². The summed E-state index contributed by atoms with van der Waals surface area (Å²) in [6.45, 7) is -0.324. The van der Waals surface area contributed by atoms with Gasteiger partial charge in [-0.3, -0.25) is 14.5 Å². The number of urea groups is 1. The van der Waals surface area contributed by atoms with Crippen LogP contribution in [-0.2, 0) is 15.1 Å². The molecule has 4 amide bonds. The second-order valence-corrected chi connectivity index (χ2v) is 7.37. The van der Waals surface area contributed by atoms with Crippen LogP contribution in [0.4, 0.5) is 4.79 Å². The molecule has 0 atom stereocenters. The molecule has 2 aliphatic rings. The van der Waals surface area contributed by atoms with Crippen molar-refractivity contribution in [2.75, 3.05) is 20.8 Å². The van der Waals surface area contributed by atoms with E-state index in [4.69, 9.17) is 9.47 Å². The minimum Gasteiger partial charge on any atom is -0.497 e. The van der Waals surface area contributed by atoms with Gasteiger partial charge in [-0.2, -0.15) is 0 Å². The van der Waals surface area contributed by atoms with E-state index < -0.39 is 17.5 Å². The Hall–Kier alpha value is -3.55. The van der Waals surface area contributed by atoms with Gasteiger partial charge in [0.15, 0.2) is 5.54 Å². The van der Waals surface area contributed by atoms with Gasteiger partial charge in [-0.25, -0.2) is 4.79 Å². The van der Waals surface area contributed by atoms with Gasteiger partial charge in [-0.1, -0.05) is 24.3 Å². The van der Waals surface area contributed by atoms with E-state index in [1.165, 1.54) is 0 Å². The molecular weight excluding hydrogens is 386 g/mol. The van der Waals surface area contributed by atoms with E-state index >= 15 is 0 Å². The molecule has 1 saturated heterocycles. The van der Waals surface area contributed by atoms with Crippen molar-refractivity contribution >= 4 is 17.8 Å². The lowest BCUT2D eigenvalue weighted by molar-refractivity contribution is -0.134. The number of nitrogens with zero attached hydrogens (tertiary/aromatic N) is 1. The molecule has 0 unspecified atom stereocenters. The first-order chi connectivity index (χ1) is 14.5. The summed E-state index contributed by atoms with van der Waals surface area (Å²) in [5.74, 6) is 0.400. The van der Waals surface area contributed by atoms with Crippen LogP contribution in [0.15, 0.2) is 48.5 Å². The fourth-order valence-corrected chi connectivity index (χ4v) is 3.60. The third-order valence-corrected chi connectivity index (χ3v) is 5.40. The van der Waals surface area contributed by atoms with E-state index in [-0.39, 0.29) is 18.5 Å². The van der Waals surface area contributed by atoms with Gasteiger partial charge in [-0.05, 0) is 48.2 Å². The summed E-state index contributed by atoms with van der Waals surface area (Å²) >= 11 is 0. The van der Waals surface area contributed by atoms with Crippen LogP contribution >= 0.6 is 0 Å². The van der Waals surface area contributed by atoms with Gasteiger partial charge in [0, 0.05) is 6.04 Å². The van der Waals surface area contributed by atoms with E-state index in [1.54, 1.807) is 62.8 Å². The molecule has 1 aliphatic heterocycles. The SMILES string of the molecule is COc1ccc(C2(c3ccc(OC)cc3)NC(=O)N(CC(=O)NC3CC3)C2=O)cc1. The normalized spacial score (nSPS) is 17.5. The molecule has 2 aromatic rings. The molecule has 2 aromatic carbocycles. The lowest BCUT2D eigenvalue weighted by Gasteiger charge is -2.28. The summed E-state index contributed by atoms with van der Waals surface area (Å²) in [6, 6.07) is 13.4. The smallest absolute Gasteiger partial charge is 0.326 e. The first-order valence-corrected chi connectivity index (χ1v) is 9.70. The van der Waals surface area contributed by atoms with E-state index in [0.717, 1.165) is 17.7 Å². The second-order valence-electron chi connectivity index (χ2n) is 7.37. The monoisotopic (exact) mass is 409 g/mol. The predicted octanol–water partition coefficient (Wildman–Crippen LogP) is 1.78. The number of hydrogen-bond donors (Lipinski definition) is 2. The summed E-state index contributed by atoms with van der Waals surface area (Å²) in [5, 5.41) is 5.64. The third kappa shape index (κ3) is 3.45. The topological polar surface area (TPSA) is 97.0 Å². The lowest BCUT2D eigenvalue weighted by Crippen LogP contribution is -2.46. The molecule has 0 bridgehead atoms. The highest BCUT2D eigenvalue weighted by atomic mass is 16.5. The lowest BCUT2D eigenvalue weighted by atomic mass is 9.82. The number of carbonyl (C=O) groups excluding carboxylic acids is 3. The van der Waals surface area contributed by atoms with Crippen molar-refractivity contribution < 1.29 is 23.9 Å². The van der Waals surface area contributed by atoms with Crippen LogP contribution in [0.2, 0.25) is 0 Å². The van der Waals surface area contributed by atoms with Crippen LogP contribution in [0.5, 0.6) is 11.5 Å². The van der Waals surface area contributed by atoms with Gasteiger partial charge in [0.1, 0.15) is 18.0 Å². The first kappa shape index (κ1) is 19.8. The Labute approximate surface area is 174 Å². The highest BCUT2D eigenvalue weighted by molar-refractivity contribution is 6.11. The number of benzene rings is 2. The molecule has 0 aromatic heterocycles. The Kier molecular flexibility index (Phi) is 5.07. The van der Waals surface area contributed by atoms with Crippen LogP contribution in [0, 0.1) is 0 Å². The van der Waals surface area contributed by atoms with E-state index in [1.807, 2.05) is 0 Å². The Morgan fingerprint density at radius 3 is 1.93 bits per heavy atom. The number of ether oxygens (including phenoxy) is 2. The third-order valence-electron chi connectivity index (χ3n) is 5.40. The predicted molar refractivity (Wildman–Crippen MR) is 108 cm³/mol. The maximum absolute atomic E-state index is 13.6. The van der Waals surface area contributed by atoms with E-state index in [2.05, 4.69) is 10.6 Å². The van der Waals surface area contributed by atoms with Crippen molar-refractivity contribution in [3.8, 4) is 11.5 Å². The Balaban J connectivity index is 1.73. The Bertz CT molecular complexity index is 920. The zero-order valence-corrected chi connectivity index (χ0v) is 16.8. The molecule has 156 valence electrons. The largest absolute Gasteiger partial charge is 0.497 e. The summed E-state index contributed by atoms with van der Waals surface area (Å²) < 4.78 is 10.4. The molecule has 0 radical (unpaired) electrons. The molecule has 30 heavy (non-hydrogen) atoms. The van der Waals surface area contributed by atoms with Crippen molar-refractivity contribution in [2.45, 2.75) is 24.4 Å². The van der Waals surface area contributed by atoms with Crippen molar-refractivity contribution in [2.24, 2.45) is 0 Å². The zero-order chi connectivity index (χ0) is 21.3. The minimum absolute atomic E-state index is 0.145. The van der Waals surface area contributed by atoms with E-state index in [9.17, 15) is 14.4 Å². The molecule has 1 heterocycles. The van der Waals surface area contributed by atoms with Crippen LogP contribution in [0.1, 0.15) is 24.0 Å². The quantitative estimate of drug-likeness (QED) is 0.680. The highest BCUT2D eigenvalue weighted by Crippen LogP contribution is 2.37. The van der Waals surface area contributed by atoms with Crippen LogP contribution < -0.4 is 20.1 Å². The van der Waals surface area contributed by atoms with Crippen LogP contribution in [0.25, 0.3) is 0 Å². The Morgan fingerprint density at radius 2 is 1.50 bits per heavy atom. The number of hydrogen-bond acceptors (Lipinski definition) is 5. The van der Waals surface area contributed by atoms with Crippen LogP contribution in [0.3, 0.4) is 0 Å². The molecule has 8 nitrogen and oxygen atoms in total. The second kappa shape index (κ2) is 7.70. The number of rotatable bonds is 7. The maximum atomic E-state index is 13.6. The van der Waals surface area contributed by atoms with Crippen molar-refractivity contribution in [1.82, 2.24) is 15.5 Å². The summed E-state index contributed by atoms with van der Waals surface area (Å²) in [7, 11) is 3.11. The summed E-state index contributed by atoms with van der Waals surface area (Å²) in [5.41, 5.74) is -0.316. The first-order valence-electron chi connectivity index (χ1n) is 9.70.